The zero-order valence-corrected chi connectivity index (χ0v) is 11.3. The van der Waals surface area contributed by atoms with Crippen LogP contribution in [0.5, 0.6) is 0 Å². The van der Waals surface area contributed by atoms with Crippen LogP contribution in [-0.4, -0.2) is 34.4 Å². The van der Waals surface area contributed by atoms with Gasteiger partial charge in [0, 0.05) is 12.8 Å². The number of piperidine rings is 1. The first-order valence-electron chi connectivity index (χ1n) is 6.00. The van der Waals surface area contributed by atoms with Crippen LogP contribution in [0.4, 0.5) is 0 Å². The van der Waals surface area contributed by atoms with Gasteiger partial charge in [-0.15, -0.1) is 0 Å². The van der Waals surface area contributed by atoms with Crippen molar-refractivity contribution in [1.29, 1.82) is 0 Å². The second-order valence-electron chi connectivity index (χ2n) is 6.20. The molecule has 0 unspecified atom stereocenters. The van der Waals surface area contributed by atoms with E-state index in [9.17, 15) is 15.1 Å². The molecule has 17 heavy (non-hydrogen) atoms. The summed E-state index contributed by atoms with van der Waals surface area (Å²) >= 11 is 0. The summed E-state index contributed by atoms with van der Waals surface area (Å²) in [5.41, 5.74) is -2.95. The molecule has 0 atom stereocenters. The third-order valence-corrected chi connectivity index (χ3v) is 3.35. The summed E-state index contributed by atoms with van der Waals surface area (Å²) in [5, 5.41) is 22.7. The van der Waals surface area contributed by atoms with Gasteiger partial charge in [-0.2, -0.15) is 0 Å². The minimum Gasteiger partial charge on any atom is -0.634 e. The van der Waals surface area contributed by atoms with Crippen LogP contribution < -0.4 is 5.06 Å². The Morgan fingerprint density at radius 3 is 2.06 bits per heavy atom. The molecule has 0 aromatic heterocycles. The van der Waals surface area contributed by atoms with E-state index in [0.29, 0.717) is 0 Å². The predicted octanol–water partition coefficient (Wildman–Crippen LogP) is 0.0143. The Bertz CT molecular complexity index is 294. The molecular weight excluding hydrogens is 222 g/mol. The van der Waals surface area contributed by atoms with Crippen molar-refractivity contribution in [2.75, 3.05) is 6.61 Å². The maximum atomic E-state index is 12.2. The molecule has 100 valence electrons. The highest BCUT2D eigenvalue weighted by Gasteiger charge is 2.56. The molecule has 0 aromatic rings. The Hall–Kier alpha value is -0.650. The Labute approximate surface area is 102 Å². The minimum absolute atomic E-state index is 0.0824. The molecule has 1 fully saturated rings. The molecule has 1 aliphatic heterocycles. The molecule has 2 N–H and O–H groups in total. The van der Waals surface area contributed by atoms with E-state index < -0.39 is 22.6 Å². The van der Waals surface area contributed by atoms with E-state index in [-0.39, 0.29) is 24.5 Å². The van der Waals surface area contributed by atoms with E-state index in [1.807, 2.05) is 0 Å². The van der Waals surface area contributed by atoms with E-state index >= 15 is 0 Å². The maximum absolute atomic E-state index is 12.2. The van der Waals surface area contributed by atoms with Gasteiger partial charge in [0.15, 0.2) is 5.60 Å². The van der Waals surface area contributed by atoms with Crippen molar-refractivity contribution in [3.05, 3.63) is 5.21 Å². The number of carbonyl (C=O) groups excluding carboxylic acids is 1. The molecular formula is C12H23NO4. The molecule has 0 aliphatic carbocycles. The molecule has 0 aromatic carbocycles. The van der Waals surface area contributed by atoms with Crippen molar-refractivity contribution in [1.82, 2.24) is 0 Å². The molecule has 0 bridgehead atoms. The van der Waals surface area contributed by atoms with E-state index in [0.717, 1.165) is 0 Å². The van der Waals surface area contributed by atoms with Crippen molar-refractivity contribution in [3.63, 3.8) is 0 Å². The van der Waals surface area contributed by atoms with Crippen LogP contribution in [0.1, 0.15) is 47.5 Å². The normalized spacial score (nSPS) is 35.4. The van der Waals surface area contributed by atoms with Gasteiger partial charge in [0.1, 0.15) is 0 Å². The topological polar surface area (TPSA) is 74.0 Å². The van der Waals surface area contributed by atoms with Crippen LogP contribution in [0.15, 0.2) is 0 Å². The molecule has 5 heteroatoms. The third kappa shape index (κ3) is 2.61. The molecule has 1 heterocycles. The van der Waals surface area contributed by atoms with Gasteiger partial charge in [0.2, 0.25) is 0 Å². The average molecular weight is 245 g/mol. The van der Waals surface area contributed by atoms with Crippen LogP contribution in [0.25, 0.3) is 0 Å². The van der Waals surface area contributed by atoms with Gasteiger partial charge < -0.3 is 20.1 Å². The average Bonchev–Trinajstić information content (AvgIpc) is 2.13. The lowest BCUT2D eigenvalue weighted by Gasteiger charge is -2.56. The summed E-state index contributed by atoms with van der Waals surface area (Å²) in [7, 11) is 0. The molecule has 1 rings (SSSR count). The van der Waals surface area contributed by atoms with Crippen molar-refractivity contribution in [2.45, 2.75) is 64.1 Å². The van der Waals surface area contributed by atoms with Gasteiger partial charge in [0.25, 0.3) is 0 Å². The molecule has 0 spiro atoms. The number of hydroxylamine groups is 2. The van der Waals surface area contributed by atoms with Gasteiger partial charge in [-0.1, -0.05) is 0 Å². The Morgan fingerprint density at radius 2 is 1.71 bits per heavy atom. The van der Waals surface area contributed by atoms with Gasteiger partial charge in [-0.25, -0.2) is 4.79 Å². The number of nitrogens with one attached hydrogen (secondary N) is 1. The maximum Gasteiger partial charge on any atom is 0.338 e. The molecule has 0 amide bonds. The number of quaternary nitrogens is 1. The standard InChI is InChI=1S/C12H23NO4/c1-6-17-9(14)12(15)7-10(2,3)13(16)11(4,5)8-12/h13,15H,6-8H2,1-5H3. The van der Waals surface area contributed by atoms with Crippen LogP contribution >= 0.6 is 0 Å². The molecule has 0 radical (unpaired) electrons. The summed E-state index contributed by atoms with van der Waals surface area (Å²) < 4.78 is 4.91. The zero-order chi connectivity index (χ0) is 13.5. The Kier molecular flexibility index (Phi) is 3.58. The predicted molar refractivity (Wildman–Crippen MR) is 63.3 cm³/mol. The molecule has 1 aliphatic rings. The Morgan fingerprint density at radius 1 is 1.29 bits per heavy atom. The molecule has 5 nitrogen and oxygen atoms in total. The van der Waals surface area contributed by atoms with Gasteiger partial charge in [0.05, 0.1) is 17.7 Å². The summed E-state index contributed by atoms with van der Waals surface area (Å²) in [5.74, 6) is -0.617. The first-order valence-corrected chi connectivity index (χ1v) is 6.00. The highest BCUT2D eigenvalue weighted by Crippen LogP contribution is 2.33. The summed E-state index contributed by atoms with van der Waals surface area (Å²) in [6.07, 6.45) is 0.252. The lowest BCUT2D eigenvalue weighted by Crippen LogP contribution is -3.23. The second-order valence-corrected chi connectivity index (χ2v) is 6.20. The highest BCUT2D eigenvalue weighted by molar-refractivity contribution is 5.79. The van der Waals surface area contributed by atoms with Crippen molar-refractivity contribution >= 4 is 5.97 Å². The van der Waals surface area contributed by atoms with E-state index in [4.69, 9.17) is 4.74 Å². The van der Waals surface area contributed by atoms with E-state index in [2.05, 4.69) is 0 Å². The molecule has 0 saturated carbocycles. The van der Waals surface area contributed by atoms with Crippen molar-refractivity contribution in [3.8, 4) is 0 Å². The van der Waals surface area contributed by atoms with Crippen LogP contribution in [0, 0.1) is 5.21 Å². The third-order valence-electron chi connectivity index (χ3n) is 3.35. The lowest BCUT2D eigenvalue weighted by molar-refractivity contribution is -0.957. The van der Waals surface area contributed by atoms with E-state index in [1.165, 1.54) is 0 Å². The van der Waals surface area contributed by atoms with Crippen LogP contribution in [-0.2, 0) is 9.53 Å². The van der Waals surface area contributed by atoms with Crippen LogP contribution in [0.3, 0.4) is 0 Å². The molecule has 1 saturated heterocycles. The smallest absolute Gasteiger partial charge is 0.338 e. The highest BCUT2D eigenvalue weighted by atomic mass is 16.6. The first-order chi connectivity index (χ1) is 7.55. The zero-order valence-electron chi connectivity index (χ0n) is 11.3. The number of ether oxygens (including phenoxy) is 1. The van der Waals surface area contributed by atoms with Gasteiger partial charge >= 0.3 is 5.97 Å². The Balaban J connectivity index is 3.02. The van der Waals surface area contributed by atoms with Gasteiger partial charge in [-0.3, -0.25) is 0 Å². The van der Waals surface area contributed by atoms with Crippen molar-refractivity contribution in [2.24, 2.45) is 0 Å². The number of carbonyl (C=O) groups is 1. The summed E-state index contributed by atoms with van der Waals surface area (Å²) in [4.78, 5) is 11.8. The number of esters is 1. The van der Waals surface area contributed by atoms with E-state index in [1.54, 1.807) is 34.6 Å². The fraction of sp³-hybridized carbons (Fsp3) is 0.917. The number of hydrogen-bond donors (Lipinski definition) is 2. The SMILES string of the molecule is CCOC(=O)C1(O)CC(C)(C)[NH+]([O-])C(C)(C)C1. The van der Waals surface area contributed by atoms with Gasteiger partial charge in [-0.05, 0) is 34.6 Å². The largest absolute Gasteiger partial charge is 0.634 e. The van der Waals surface area contributed by atoms with Crippen LogP contribution in [0.2, 0.25) is 0 Å². The number of rotatable bonds is 2. The monoisotopic (exact) mass is 245 g/mol. The fourth-order valence-corrected chi connectivity index (χ4v) is 3.01. The lowest BCUT2D eigenvalue weighted by atomic mass is 9.72. The first kappa shape index (κ1) is 14.4. The fourth-order valence-electron chi connectivity index (χ4n) is 3.01. The number of aliphatic hydroxyl groups is 1. The number of hydrogen-bond acceptors (Lipinski definition) is 4. The van der Waals surface area contributed by atoms with Crippen molar-refractivity contribution < 1.29 is 19.7 Å². The summed E-state index contributed by atoms with van der Waals surface area (Å²) in [6, 6.07) is 0. The summed E-state index contributed by atoms with van der Waals surface area (Å²) in [6.45, 7) is 8.99. The quantitative estimate of drug-likeness (QED) is 0.531. The minimum atomic E-state index is -1.54. The second kappa shape index (κ2) is 4.23.